The number of aryl methyl sites for hydroxylation is 1. The number of amides is 1. The Morgan fingerprint density at radius 3 is 2.85 bits per heavy atom. The van der Waals surface area contributed by atoms with Crippen LogP contribution in [0.25, 0.3) is 0 Å². The van der Waals surface area contributed by atoms with Gasteiger partial charge in [0.25, 0.3) is 0 Å². The zero-order valence-electron chi connectivity index (χ0n) is 11.7. The molecule has 1 aliphatic carbocycles. The Labute approximate surface area is 117 Å². The van der Waals surface area contributed by atoms with Gasteiger partial charge in [0.2, 0.25) is 5.91 Å². The van der Waals surface area contributed by atoms with Gasteiger partial charge in [-0.25, -0.2) is 0 Å². The van der Waals surface area contributed by atoms with E-state index >= 15 is 0 Å². The van der Waals surface area contributed by atoms with Crippen molar-refractivity contribution in [2.75, 3.05) is 0 Å². The molecule has 0 saturated heterocycles. The predicted molar refractivity (Wildman–Crippen MR) is 70.7 cm³/mol. The van der Waals surface area contributed by atoms with Gasteiger partial charge in [-0.05, 0) is 24.3 Å². The number of carboxylic acids is 1. The summed E-state index contributed by atoms with van der Waals surface area (Å²) < 4.78 is 1.90. The second-order valence-electron chi connectivity index (χ2n) is 6.30. The first-order valence-electron chi connectivity index (χ1n) is 6.98. The van der Waals surface area contributed by atoms with Crippen LogP contribution in [0.2, 0.25) is 0 Å². The number of nitrogens with one attached hydrogen (secondary N) is 1. The second-order valence-corrected chi connectivity index (χ2v) is 6.30. The molecule has 1 fully saturated rings. The lowest BCUT2D eigenvalue weighted by atomic mass is 10.0. The van der Waals surface area contributed by atoms with Crippen molar-refractivity contribution in [3.63, 3.8) is 0 Å². The lowest BCUT2D eigenvalue weighted by Crippen LogP contribution is -2.34. The van der Waals surface area contributed by atoms with Gasteiger partial charge in [-0.2, -0.15) is 5.10 Å². The second kappa shape index (κ2) is 4.33. The first-order valence-corrected chi connectivity index (χ1v) is 6.98. The summed E-state index contributed by atoms with van der Waals surface area (Å²) in [6.45, 7) is 4.55. The van der Waals surface area contributed by atoms with E-state index in [0.717, 1.165) is 25.1 Å². The molecule has 2 N–H and O–H groups in total. The number of carbonyl (C=O) groups is 2. The van der Waals surface area contributed by atoms with Crippen LogP contribution in [0.4, 0.5) is 0 Å². The molecule has 3 rings (SSSR count). The fourth-order valence-electron chi connectivity index (χ4n) is 3.41. The highest BCUT2D eigenvalue weighted by Gasteiger charge is 2.66. The largest absolute Gasteiger partial charge is 0.481 e. The fraction of sp³-hybridized carbons (Fsp3) is 0.643. The number of hydrogen-bond acceptors (Lipinski definition) is 3. The number of hydrogen-bond donors (Lipinski definition) is 2. The van der Waals surface area contributed by atoms with Crippen molar-refractivity contribution < 1.29 is 14.7 Å². The van der Waals surface area contributed by atoms with Crippen LogP contribution in [0.3, 0.4) is 0 Å². The minimum Gasteiger partial charge on any atom is -0.481 e. The molecule has 2 aliphatic rings. The molecule has 0 bridgehead atoms. The van der Waals surface area contributed by atoms with Crippen LogP contribution >= 0.6 is 0 Å². The molecule has 2 heterocycles. The van der Waals surface area contributed by atoms with E-state index in [9.17, 15) is 9.59 Å². The molecule has 1 aliphatic heterocycles. The van der Waals surface area contributed by atoms with E-state index < -0.39 is 23.2 Å². The van der Waals surface area contributed by atoms with Crippen molar-refractivity contribution in [3.05, 3.63) is 18.0 Å². The lowest BCUT2D eigenvalue weighted by molar-refractivity contribution is -0.140. The van der Waals surface area contributed by atoms with Gasteiger partial charge in [-0.1, -0.05) is 13.8 Å². The van der Waals surface area contributed by atoms with Crippen molar-refractivity contribution >= 4 is 11.9 Å². The summed E-state index contributed by atoms with van der Waals surface area (Å²) in [6, 6.07) is 1.86. The van der Waals surface area contributed by atoms with Crippen LogP contribution in [0.5, 0.6) is 0 Å². The van der Waals surface area contributed by atoms with Crippen molar-refractivity contribution in [1.82, 2.24) is 15.1 Å². The molecule has 0 radical (unpaired) electrons. The van der Waals surface area contributed by atoms with Gasteiger partial charge in [-0.15, -0.1) is 0 Å². The first-order chi connectivity index (χ1) is 9.43. The normalized spacial score (nSPS) is 30.4. The molecule has 1 amide bonds. The maximum absolute atomic E-state index is 12.3. The number of fused-ring (bicyclic) bond motifs is 1. The molecule has 20 heavy (non-hydrogen) atoms. The number of aliphatic carboxylic acids is 1. The number of aromatic nitrogens is 2. The average molecular weight is 277 g/mol. The van der Waals surface area contributed by atoms with E-state index in [4.69, 9.17) is 5.11 Å². The highest BCUT2D eigenvalue weighted by atomic mass is 16.4. The summed E-state index contributed by atoms with van der Waals surface area (Å²) in [5, 5.41) is 16.4. The monoisotopic (exact) mass is 277 g/mol. The van der Waals surface area contributed by atoms with Gasteiger partial charge in [0.1, 0.15) is 0 Å². The van der Waals surface area contributed by atoms with Gasteiger partial charge in [0.05, 0.1) is 23.6 Å². The van der Waals surface area contributed by atoms with Crippen molar-refractivity contribution in [1.29, 1.82) is 0 Å². The van der Waals surface area contributed by atoms with E-state index in [1.807, 2.05) is 24.6 Å². The third-order valence-electron chi connectivity index (χ3n) is 4.66. The lowest BCUT2D eigenvalue weighted by Gasteiger charge is -2.24. The van der Waals surface area contributed by atoms with E-state index in [2.05, 4.69) is 10.4 Å². The molecule has 0 aromatic carbocycles. The van der Waals surface area contributed by atoms with Gasteiger partial charge < -0.3 is 10.4 Å². The van der Waals surface area contributed by atoms with E-state index in [0.29, 0.717) is 0 Å². The van der Waals surface area contributed by atoms with E-state index in [1.54, 1.807) is 6.20 Å². The minimum absolute atomic E-state index is 0.0513. The SMILES string of the molecule is CC1(C)C(C(=O)O)C1C(=O)NC1CCCn2nccc21. The van der Waals surface area contributed by atoms with Crippen LogP contribution in [0, 0.1) is 17.3 Å². The fourth-order valence-corrected chi connectivity index (χ4v) is 3.41. The van der Waals surface area contributed by atoms with Gasteiger partial charge in [-0.3, -0.25) is 14.3 Å². The standard InChI is InChI=1S/C14H19N3O3/c1-14(2)10(11(14)13(19)20)12(18)16-8-4-3-7-17-9(8)5-6-15-17/h5-6,8,10-11H,3-4,7H2,1-2H3,(H,16,18)(H,19,20). The Balaban J connectivity index is 1.72. The Morgan fingerprint density at radius 1 is 1.45 bits per heavy atom. The number of nitrogens with zero attached hydrogens (tertiary/aromatic N) is 2. The third-order valence-corrected chi connectivity index (χ3v) is 4.66. The molecule has 1 saturated carbocycles. The summed E-state index contributed by atoms with van der Waals surface area (Å²) in [6.07, 6.45) is 3.58. The molecule has 0 spiro atoms. The van der Waals surface area contributed by atoms with E-state index in [-0.39, 0.29) is 11.9 Å². The van der Waals surface area contributed by atoms with Crippen molar-refractivity contribution in [2.24, 2.45) is 17.3 Å². The van der Waals surface area contributed by atoms with Crippen LogP contribution in [0.15, 0.2) is 12.3 Å². The van der Waals surface area contributed by atoms with Crippen molar-refractivity contribution in [3.8, 4) is 0 Å². The van der Waals surface area contributed by atoms with Gasteiger partial charge in [0.15, 0.2) is 0 Å². The van der Waals surface area contributed by atoms with Crippen LogP contribution in [0.1, 0.15) is 38.4 Å². The Kier molecular flexibility index (Phi) is 2.84. The molecule has 1 aromatic heterocycles. The Morgan fingerprint density at radius 2 is 2.20 bits per heavy atom. The predicted octanol–water partition coefficient (Wildman–Crippen LogP) is 1.19. The molecule has 3 unspecified atom stereocenters. The number of carboxylic acid groups (broad SMARTS) is 1. The molecule has 6 nitrogen and oxygen atoms in total. The van der Waals surface area contributed by atoms with Crippen LogP contribution in [-0.4, -0.2) is 26.8 Å². The van der Waals surface area contributed by atoms with Crippen LogP contribution in [-0.2, 0) is 16.1 Å². The summed E-state index contributed by atoms with van der Waals surface area (Å²) in [5.74, 6) is -2.04. The third kappa shape index (κ3) is 1.90. The minimum atomic E-state index is -0.885. The summed E-state index contributed by atoms with van der Waals surface area (Å²) in [7, 11) is 0. The zero-order chi connectivity index (χ0) is 14.5. The summed E-state index contributed by atoms with van der Waals surface area (Å²) in [4.78, 5) is 23.5. The Hall–Kier alpha value is -1.85. The average Bonchev–Trinajstić information content (AvgIpc) is 2.73. The maximum atomic E-state index is 12.3. The summed E-state index contributed by atoms with van der Waals surface area (Å²) >= 11 is 0. The first kappa shape index (κ1) is 13.1. The number of carbonyl (C=O) groups excluding carboxylic acids is 1. The molecular weight excluding hydrogens is 258 g/mol. The zero-order valence-corrected chi connectivity index (χ0v) is 11.7. The molecule has 1 aromatic rings. The number of rotatable bonds is 3. The quantitative estimate of drug-likeness (QED) is 0.869. The smallest absolute Gasteiger partial charge is 0.307 e. The van der Waals surface area contributed by atoms with Gasteiger partial charge in [0, 0.05) is 12.7 Å². The summed E-state index contributed by atoms with van der Waals surface area (Å²) in [5.41, 5.74) is 0.556. The van der Waals surface area contributed by atoms with Crippen molar-refractivity contribution in [2.45, 2.75) is 39.3 Å². The van der Waals surface area contributed by atoms with E-state index in [1.165, 1.54) is 0 Å². The maximum Gasteiger partial charge on any atom is 0.307 e. The molecular formula is C14H19N3O3. The topological polar surface area (TPSA) is 84.2 Å². The molecule has 6 heteroatoms. The highest BCUT2D eigenvalue weighted by molar-refractivity contribution is 5.91. The van der Waals surface area contributed by atoms with Crippen LogP contribution < -0.4 is 5.32 Å². The molecule has 108 valence electrons. The molecule has 3 atom stereocenters. The van der Waals surface area contributed by atoms with Gasteiger partial charge >= 0.3 is 5.97 Å². The highest BCUT2D eigenvalue weighted by Crippen LogP contribution is 2.58. The Bertz CT molecular complexity index is 564.